The summed E-state index contributed by atoms with van der Waals surface area (Å²) in [5.74, 6) is -0.652. The van der Waals surface area contributed by atoms with Crippen LogP contribution in [0, 0.1) is 0 Å². The SMILES string of the molecule is CCCCC(=O)C(=O)c1ccc2ccccc2c1. The van der Waals surface area contributed by atoms with E-state index in [9.17, 15) is 9.59 Å². The van der Waals surface area contributed by atoms with Gasteiger partial charge in [-0.1, -0.05) is 49.7 Å². The zero-order chi connectivity index (χ0) is 13.0. The van der Waals surface area contributed by atoms with Crippen LogP contribution in [0.3, 0.4) is 0 Å². The molecular weight excluding hydrogens is 224 g/mol. The van der Waals surface area contributed by atoms with Gasteiger partial charge in [-0.05, 0) is 23.3 Å². The van der Waals surface area contributed by atoms with Gasteiger partial charge in [0.2, 0.25) is 11.6 Å². The van der Waals surface area contributed by atoms with Crippen molar-refractivity contribution in [1.29, 1.82) is 0 Å². The summed E-state index contributed by atoms with van der Waals surface area (Å²) in [6, 6.07) is 13.2. The topological polar surface area (TPSA) is 34.1 Å². The second kappa shape index (κ2) is 5.58. The van der Waals surface area contributed by atoms with Gasteiger partial charge in [-0.3, -0.25) is 9.59 Å². The fourth-order valence-corrected chi connectivity index (χ4v) is 1.94. The van der Waals surface area contributed by atoms with Crippen LogP contribution in [0.1, 0.15) is 36.5 Å². The minimum atomic E-state index is -0.366. The van der Waals surface area contributed by atoms with Crippen LogP contribution < -0.4 is 0 Å². The van der Waals surface area contributed by atoms with Gasteiger partial charge >= 0.3 is 0 Å². The predicted molar refractivity (Wildman–Crippen MR) is 72.8 cm³/mol. The molecule has 0 fully saturated rings. The van der Waals surface area contributed by atoms with E-state index in [1.165, 1.54) is 0 Å². The summed E-state index contributed by atoms with van der Waals surface area (Å²) >= 11 is 0. The fraction of sp³-hybridized carbons (Fsp3) is 0.250. The maximum atomic E-state index is 11.9. The van der Waals surface area contributed by atoms with E-state index in [1.807, 2.05) is 37.3 Å². The van der Waals surface area contributed by atoms with E-state index >= 15 is 0 Å². The molecule has 0 atom stereocenters. The molecule has 0 aliphatic rings. The molecule has 0 heterocycles. The molecule has 0 bridgehead atoms. The maximum Gasteiger partial charge on any atom is 0.228 e. The molecule has 2 rings (SSSR count). The number of fused-ring (bicyclic) bond motifs is 1. The average Bonchev–Trinajstić information content (AvgIpc) is 2.43. The monoisotopic (exact) mass is 240 g/mol. The van der Waals surface area contributed by atoms with Crippen molar-refractivity contribution in [2.24, 2.45) is 0 Å². The van der Waals surface area contributed by atoms with E-state index in [0.717, 1.165) is 23.6 Å². The Hall–Kier alpha value is -1.96. The second-order valence-corrected chi connectivity index (χ2v) is 4.42. The van der Waals surface area contributed by atoms with Crippen molar-refractivity contribution in [3.8, 4) is 0 Å². The summed E-state index contributed by atoms with van der Waals surface area (Å²) in [5, 5.41) is 2.07. The first-order chi connectivity index (χ1) is 8.72. The molecule has 2 heteroatoms. The number of hydrogen-bond acceptors (Lipinski definition) is 2. The van der Waals surface area contributed by atoms with Gasteiger partial charge in [-0.2, -0.15) is 0 Å². The predicted octanol–water partition coefficient (Wildman–Crippen LogP) is 3.78. The molecule has 0 radical (unpaired) electrons. The van der Waals surface area contributed by atoms with Gasteiger partial charge < -0.3 is 0 Å². The summed E-state index contributed by atoms with van der Waals surface area (Å²) in [4.78, 5) is 23.6. The van der Waals surface area contributed by atoms with E-state index in [1.54, 1.807) is 12.1 Å². The largest absolute Gasteiger partial charge is 0.290 e. The molecule has 2 nitrogen and oxygen atoms in total. The summed E-state index contributed by atoms with van der Waals surface area (Å²) in [7, 11) is 0. The van der Waals surface area contributed by atoms with Crippen molar-refractivity contribution >= 4 is 22.3 Å². The van der Waals surface area contributed by atoms with E-state index in [4.69, 9.17) is 0 Å². The molecule has 0 saturated carbocycles. The van der Waals surface area contributed by atoms with Crippen LogP contribution in [0.4, 0.5) is 0 Å². The molecule has 0 aliphatic carbocycles. The molecule has 0 N–H and O–H groups in total. The molecule has 92 valence electrons. The van der Waals surface area contributed by atoms with Gasteiger partial charge in [0, 0.05) is 12.0 Å². The van der Waals surface area contributed by atoms with Crippen molar-refractivity contribution in [1.82, 2.24) is 0 Å². The Morgan fingerprint density at radius 3 is 2.44 bits per heavy atom. The van der Waals surface area contributed by atoms with Crippen molar-refractivity contribution in [3.63, 3.8) is 0 Å². The Bertz CT molecular complexity index is 584. The average molecular weight is 240 g/mol. The summed E-state index contributed by atoms with van der Waals surface area (Å²) in [5.41, 5.74) is 0.495. The first-order valence-corrected chi connectivity index (χ1v) is 6.28. The van der Waals surface area contributed by atoms with Crippen molar-refractivity contribution in [3.05, 3.63) is 48.0 Å². The molecule has 18 heavy (non-hydrogen) atoms. The number of ketones is 2. The lowest BCUT2D eigenvalue weighted by molar-refractivity contribution is -0.115. The summed E-state index contributed by atoms with van der Waals surface area (Å²) in [6.07, 6.45) is 2.05. The first kappa shape index (κ1) is 12.5. The third-order valence-electron chi connectivity index (χ3n) is 3.02. The molecule has 2 aromatic carbocycles. The number of rotatable bonds is 5. The van der Waals surface area contributed by atoms with Crippen LogP contribution in [0.15, 0.2) is 42.5 Å². The number of hydrogen-bond donors (Lipinski definition) is 0. The Morgan fingerprint density at radius 2 is 1.72 bits per heavy atom. The maximum absolute atomic E-state index is 11.9. The first-order valence-electron chi connectivity index (χ1n) is 6.28. The van der Waals surface area contributed by atoms with Gasteiger partial charge in [0.15, 0.2) is 0 Å². The van der Waals surface area contributed by atoms with E-state index in [0.29, 0.717) is 12.0 Å². The lowest BCUT2D eigenvalue weighted by Gasteiger charge is -2.02. The standard InChI is InChI=1S/C16H16O2/c1-2-3-8-15(17)16(18)14-10-9-12-6-4-5-7-13(12)11-14/h4-7,9-11H,2-3,8H2,1H3. The quantitative estimate of drug-likeness (QED) is 0.588. The van der Waals surface area contributed by atoms with Crippen LogP contribution in [-0.2, 0) is 4.79 Å². The molecular formula is C16H16O2. The number of Topliss-reactive ketones (excluding diaryl/α,β-unsaturated/α-hetero) is 2. The minimum absolute atomic E-state index is 0.285. The van der Waals surface area contributed by atoms with E-state index in [-0.39, 0.29) is 11.6 Å². The van der Waals surface area contributed by atoms with E-state index in [2.05, 4.69) is 0 Å². The van der Waals surface area contributed by atoms with Gasteiger partial charge in [0.1, 0.15) is 0 Å². The van der Waals surface area contributed by atoms with Crippen molar-refractivity contribution < 1.29 is 9.59 Å². The molecule has 2 aromatic rings. The van der Waals surface area contributed by atoms with Gasteiger partial charge in [0.25, 0.3) is 0 Å². The van der Waals surface area contributed by atoms with Crippen molar-refractivity contribution in [2.75, 3.05) is 0 Å². The lowest BCUT2D eigenvalue weighted by Crippen LogP contribution is -2.13. The highest BCUT2D eigenvalue weighted by Crippen LogP contribution is 2.16. The fourth-order valence-electron chi connectivity index (χ4n) is 1.94. The molecule has 0 unspecified atom stereocenters. The zero-order valence-corrected chi connectivity index (χ0v) is 10.5. The zero-order valence-electron chi connectivity index (χ0n) is 10.5. The van der Waals surface area contributed by atoms with Crippen LogP contribution in [-0.4, -0.2) is 11.6 Å². The smallest absolute Gasteiger partial charge is 0.228 e. The molecule has 0 saturated heterocycles. The molecule has 0 spiro atoms. The van der Waals surface area contributed by atoms with Gasteiger partial charge in [0.05, 0.1) is 0 Å². The molecule has 0 aliphatic heterocycles. The Morgan fingerprint density at radius 1 is 1.00 bits per heavy atom. The molecule has 0 amide bonds. The molecule has 0 aromatic heterocycles. The van der Waals surface area contributed by atoms with Crippen LogP contribution in [0.5, 0.6) is 0 Å². The summed E-state index contributed by atoms with van der Waals surface area (Å²) in [6.45, 7) is 2.01. The Labute approximate surface area is 107 Å². The summed E-state index contributed by atoms with van der Waals surface area (Å²) < 4.78 is 0. The van der Waals surface area contributed by atoms with Gasteiger partial charge in [-0.15, -0.1) is 0 Å². The van der Waals surface area contributed by atoms with Crippen molar-refractivity contribution in [2.45, 2.75) is 26.2 Å². The number of benzene rings is 2. The van der Waals surface area contributed by atoms with Gasteiger partial charge in [-0.25, -0.2) is 0 Å². The Balaban J connectivity index is 2.25. The van der Waals surface area contributed by atoms with Crippen LogP contribution in [0.2, 0.25) is 0 Å². The highest BCUT2D eigenvalue weighted by atomic mass is 16.2. The normalized spacial score (nSPS) is 10.5. The second-order valence-electron chi connectivity index (χ2n) is 4.42. The number of carbonyl (C=O) groups excluding carboxylic acids is 2. The highest BCUT2D eigenvalue weighted by molar-refractivity contribution is 6.43. The number of carbonyl (C=O) groups is 2. The Kier molecular flexibility index (Phi) is 3.88. The van der Waals surface area contributed by atoms with Crippen LogP contribution in [0.25, 0.3) is 10.8 Å². The van der Waals surface area contributed by atoms with Crippen LogP contribution >= 0.6 is 0 Å². The third kappa shape index (κ3) is 2.65. The minimum Gasteiger partial charge on any atom is -0.290 e. The third-order valence-corrected chi connectivity index (χ3v) is 3.02. The van der Waals surface area contributed by atoms with E-state index < -0.39 is 0 Å². The number of unbranched alkanes of at least 4 members (excludes halogenated alkanes) is 1. The highest BCUT2D eigenvalue weighted by Gasteiger charge is 2.15. The lowest BCUT2D eigenvalue weighted by atomic mass is 10.0.